The van der Waals surface area contributed by atoms with Crippen molar-refractivity contribution in [3.05, 3.63) is 48.0 Å². The van der Waals surface area contributed by atoms with Crippen LogP contribution in [0.2, 0.25) is 0 Å². The number of carboxylic acid groups (broad SMARTS) is 1. The topological polar surface area (TPSA) is 46.5 Å². The molecule has 0 radical (unpaired) electrons. The van der Waals surface area contributed by atoms with Crippen molar-refractivity contribution in [3.8, 4) is 5.75 Å². The van der Waals surface area contributed by atoms with E-state index in [2.05, 4.69) is 0 Å². The Hall–Kier alpha value is -2.29. The quantitative estimate of drug-likeness (QED) is 0.840. The van der Waals surface area contributed by atoms with Crippen molar-refractivity contribution < 1.29 is 14.6 Å². The van der Waals surface area contributed by atoms with E-state index in [0.29, 0.717) is 0 Å². The molecule has 0 spiro atoms. The van der Waals surface area contributed by atoms with E-state index >= 15 is 0 Å². The van der Waals surface area contributed by atoms with E-state index in [-0.39, 0.29) is 0 Å². The third-order valence-corrected chi connectivity index (χ3v) is 2.84. The van der Waals surface area contributed by atoms with Crippen LogP contribution >= 0.6 is 0 Å². The summed E-state index contributed by atoms with van der Waals surface area (Å²) >= 11 is 0. The van der Waals surface area contributed by atoms with Crippen molar-refractivity contribution in [3.63, 3.8) is 0 Å². The molecule has 2 rings (SSSR count). The molecule has 2 aromatic rings. The van der Waals surface area contributed by atoms with Crippen LogP contribution in [0.25, 0.3) is 16.3 Å². The highest BCUT2D eigenvalue weighted by Crippen LogP contribution is 2.24. The van der Waals surface area contributed by atoms with E-state index in [9.17, 15) is 4.79 Å². The Morgan fingerprint density at radius 2 is 1.83 bits per heavy atom. The number of allylic oxidation sites excluding steroid dienone is 1. The van der Waals surface area contributed by atoms with Crippen LogP contribution in [0, 0.1) is 0 Å². The number of aliphatic carboxylic acids is 1. The fraction of sp³-hybridized carbons (Fsp3) is 0.133. The summed E-state index contributed by atoms with van der Waals surface area (Å²) in [4.78, 5) is 10.6. The van der Waals surface area contributed by atoms with Crippen LogP contribution in [0.5, 0.6) is 5.75 Å². The molecule has 0 aliphatic rings. The summed E-state index contributed by atoms with van der Waals surface area (Å²) in [5.41, 5.74) is 1.65. The highest BCUT2D eigenvalue weighted by atomic mass is 16.5. The number of carbonyl (C=O) groups is 1. The van der Waals surface area contributed by atoms with Gasteiger partial charge in [-0.1, -0.05) is 18.2 Å². The van der Waals surface area contributed by atoms with Crippen molar-refractivity contribution in [1.82, 2.24) is 0 Å². The van der Waals surface area contributed by atoms with E-state index in [0.717, 1.165) is 27.7 Å². The normalized spacial score (nSPS) is 11.6. The molecule has 0 saturated heterocycles. The van der Waals surface area contributed by atoms with Crippen LogP contribution in [-0.4, -0.2) is 18.2 Å². The minimum absolute atomic E-state index is 0.736. The molecule has 3 nitrogen and oxygen atoms in total. The van der Waals surface area contributed by atoms with E-state index in [1.165, 1.54) is 6.08 Å². The number of rotatable bonds is 3. The average Bonchev–Trinajstić information content (AvgIpc) is 2.36. The van der Waals surface area contributed by atoms with Gasteiger partial charge in [0.05, 0.1) is 7.11 Å². The molecule has 0 saturated carbocycles. The van der Waals surface area contributed by atoms with Gasteiger partial charge in [-0.25, -0.2) is 4.79 Å². The minimum atomic E-state index is -0.928. The molecule has 3 heteroatoms. The van der Waals surface area contributed by atoms with Crippen molar-refractivity contribution in [2.24, 2.45) is 0 Å². The third kappa shape index (κ3) is 2.51. The van der Waals surface area contributed by atoms with Crippen molar-refractivity contribution in [2.75, 3.05) is 7.11 Å². The number of methoxy groups -OCH3 is 1. The maximum atomic E-state index is 10.6. The van der Waals surface area contributed by atoms with E-state index in [4.69, 9.17) is 9.84 Å². The first-order chi connectivity index (χ1) is 8.60. The van der Waals surface area contributed by atoms with E-state index in [1.807, 2.05) is 36.4 Å². The molecule has 2 aromatic carbocycles. The Labute approximate surface area is 105 Å². The summed E-state index contributed by atoms with van der Waals surface area (Å²) in [5.74, 6) is -0.115. The molecule has 92 valence electrons. The average molecular weight is 242 g/mol. The Kier molecular flexibility index (Phi) is 3.33. The maximum absolute atomic E-state index is 10.6. The fourth-order valence-electron chi connectivity index (χ4n) is 1.86. The van der Waals surface area contributed by atoms with Crippen molar-refractivity contribution in [1.29, 1.82) is 0 Å². The number of carboxylic acids is 1. The summed E-state index contributed by atoms with van der Waals surface area (Å²) in [6.45, 7) is 1.79. The largest absolute Gasteiger partial charge is 0.497 e. The van der Waals surface area contributed by atoms with Gasteiger partial charge in [0, 0.05) is 6.08 Å². The first kappa shape index (κ1) is 12.2. The summed E-state index contributed by atoms with van der Waals surface area (Å²) in [7, 11) is 1.63. The molecular weight excluding hydrogens is 228 g/mol. The Morgan fingerprint density at radius 3 is 2.50 bits per heavy atom. The lowest BCUT2D eigenvalue weighted by atomic mass is 10.0. The predicted octanol–water partition coefficient (Wildman–Crippen LogP) is 3.34. The molecule has 0 amide bonds. The summed E-state index contributed by atoms with van der Waals surface area (Å²) in [6.07, 6.45) is 1.21. The number of hydrogen-bond donors (Lipinski definition) is 1. The molecule has 1 N–H and O–H groups in total. The zero-order valence-corrected chi connectivity index (χ0v) is 10.3. The number of hydrogen-bond acceptors (Lipinski definition) is 2. The first-order valence-corrected chi connectivity index (χ1v) is 5.59. The second-order valence-electron chi connectivity index (χ2n) is 4.09. The molecule has 0 heterocycles. The molecule has 0 aliphatic heterocycles. The van der Waals surface area contributed by atoms with Crippen LogP contribution < -0.4 is 4.74 Å². The molecule has 0 unspecified atom stereocenters. The Morgan fingerprint density at radius 1 is 1.17 bits per heavy atom. The van der Waals surface area contributed by atoms with Crippen LogP contribution in [0.1, 0.15) is 12.5 Å². The van der Waals surface area contributed by atoms with Crippen molar-refractivity contribution in [2.45, 2.75) is 6.92 Å². The zero-order chi connectivity index (χ0) is 13.1. The van der Waals surface area contributed by atoms with Crippen LogP contribution in [0.3, 0.4) is 0 Å². The lowest BCUT2D eigenvalue weighted by Gasteiger charge is -2.05. The monoisotopic (exact) mass is 242 g/mol. The SMILES string of the molecule is COc1ccc2cc(/C(C)=C/C(=O)O)ccc2c1. The minimum Gasteiger partial charge on any atom is -0.497 e. The van der Waals surface area contributed by atoms with Crippen LogP contribution in [0.4, 0.5) is 0 Å². The van der Waals surface area contributed by atoms with E-state index in [1.54, 1.807) is 14.0 Å². The number of benzene rings is 2. The van der Waals surface area contributed by atoms with Crippen LogP contribution in [0.15, 0.2) is 42.5 Å². The lowest BCUT2D eigenvalue weighted by Crippen LogP contribution is -1.90. The highest BCUT2D eigenvalue weighted by Gasteiger charge is 2.01. The van der Waals surface area contributed by atoms with Gasteiger partial charge in [0.25, 0.3) is 0 Å². The molecular formula is C15H14O3. The molecule has 0 bridgehead atoms. The highest BCUT2D eigenvalue weighted by molar-refractivity contribution is 5.92. The number of fused-ring (bicyclic) bond motifs is 1. The van der Waals surface area contributed by atoms with Gasteiger partial charge >= 0.3 is 5.97 Å². The fourth-order valence-corrected chi connectivity index (χ4v) is 1.86. The maximum Gasteiger partial charge on any atom is 0.328 e. The molecule has 0 fully saturated rings. The summed E-state index contributed by atoms with van der Waals surface area (Å²) in [6, 6.07) is 11.7. The van der Waals surface area contributed by atoms with Gasteiger partial charge in [0.1, 0.15) is 5.75 Å². The third-order valence-electron chi connectivity index (χ3n) is 2.84. The lowest BCUT2D eigenvalue weighted by molar-refractivity contribution is -0.131. The Bertz CT molecular complexity index is 627. The summed E-state index contributed by atoms with van der Waals surface area (Å²) in [5, 5.41) is 10.9. The second kappa shape index (κ2) is 4.92. The molecule has 0 atom stereocenters. The Balaban J connectivity index is 2.48. The van der Waals surface area contributed by atoms with Gasteiger partial charge in [-0.05, 0) is 47.0 Å². The smallest absolute Gasteiger partial charge is 0.328 e. The second-order valence-corrected chi connectivity index (χ2v) is 4.09. The van der Waals surface area contributed by atoms with Gasteiger partial charge in [-0.15, -0.1) is 0 Å². The zero-order valence-electron chi connectivity index (χ0n) is 10.3. The van der Waals surface area contributed by atoms with Gasteiger partial charge in [-0.2, -0.15) is 0 Å². The molecule has 0 aromatic heterocycles. The standard InChI is InChI=1S/C15H14O3/c1-10(7-15(16)17)11-3-4-13-9-14(18-2)6-5-12(13)8-11/h3-9H,1-2H3,(H,16,17)/b10-7+. The first-order valence-electron chi connectivity index (χ1n) is 5.59. The summed E-state index contributed by atoms with van der Waals surface area (Å²) < 4.78 is 5.16. The van der Waals surface area contributed by atoms with E-state index < -0.39 is 5.97 Å². The van der Waals surface area contributed by atoms with Gasteiger partial charge in [0.15, 0.2) is 0 Å². The van der Waals surface area contributed by atoms with Gasteiger partial charge in [-0.3, -0.25) is 0 Å². The molecule has 0 aliphatic carbocycles. The molecule has 18 heavy (non-hydrogen) atoms. The van der Waals surface area contributed by atoms with Gasteiger partial charge < -0.3 is 9.84 Å². The van der Waals surface area contributed by atoms with Crippen LogP contribution in [-0.2, 0) is 4.79 Å². The van der Waals surface area contributed by atoms with Crippen molar-refractivity contribution >= 4 is 22.3 Å². The predicted molar refractivity (Wildman–Crippen MR) is 71.8 cm³/mol. The van der Waals surface area contributed by atoms with Gasteiger partial charge in [0.2, 0.25) is 0 Å². The number of ether oxygens (including phenoxy) is 1.